The molecule has 1 atom stereocenters. The van der Waals surface area contributed by atoms with E-state index < -0.39 is 0 Å². The number of benzene rings is 1. The third kappa shape index (κ3) is 5.14. The molecule has 0 spiro atoms. The first-order chi connectivity index (χ1) is 7.78. The number of rotatable bonds is 4. The molecule has 2 N–H and O–H groups in total. The van der Waals surface area contributed by atoms with Gasteiger partial charge in [-0.15, -0.1) is 0 Å². The molecule has 1 aromatic rings. The van der Waals surface area contributed by atoms with Gasteiger partial charge < -0.3 is 5.73 Å². The van der Waals surface area contributed by atoms with Crippen molar-refractivity contribution in [3.63, 3.8) is 0 Å². The number of hydrogen-bond donors (Lipinski definition) is 1. The summed E-state index contributed by atoms with van der Waals surface area (Å²) in [6.45, 7) is 8.23. The zero-order chi connectivity index (χ0) is 13.1. The molecule has 0 saturated carbocycles. The van der Waals surface area contributed by atoms with Gasteiger partial charge in [0.1, 0.15) is 5.78 Å². The number of carbonyl (C=O) groups excluding carboxylic acids is 1. The Morgan fingerprint density at radius 3 is 2.24 bits per heavy atom. The van der Waals surface area contributed by atoms with Crippen LogP contribution in [-0.2, 0) is 11.2 Å². The predicted octanol–water partition coefficient (Wildman–Crippen LogP) is 2.87. The van der Waals surface area contributed by atoms with Gasteiger partial charge in [-0.2, -0.15) is 0 Å². The molecule has 0 heterocycles. The van der Waals surface area contributed by atoms with Crippen molar-refractivity contribution in [3.05, 3.63) is 35.4 Å². The van der Waals surface area contributed by atoms with Crippen molar-refractivity contribution < 1.29 is 4.79 Å². The van der Waals surface area contributed by atoms with E-state index in [2.05, 4.69) is 39.8 Å². The summed E-state index contributed by atoms with van der Waals surface area (Å²) in [6.07, 6.45) is 1.18. The van der Waals surface area contributed by atoms with Crippen LogP contribution < -0.4 is 5.73 Å². The molecule has 0 radical (unpaired) electrons. The number of carbonyl (C=O) groups is 1. The number of Topliss-reactive ketones (excluding diaryl/α,β-unsaturated/α-hetero) is 1. The number of nitrogens with two attached hydrogens (primary N) is 1. The SMILES string of the molecule is Cc1ccc(CC(N)C(=O)CC(C)(C)C)cc1. The van der Waals surface area contributed by atoms with Crippen LogP contribution in [0.25, 0.3) is 0 Å². The van der Waals surface area contributed by atoms with Crippen molar-refractivity contribution in [3.8, 4) is 0 Å². The first kappa shape index (κ1) is 13.9. The van der Waals surface area contributed by atoms with Crippen LogP contribution in [0.5, 0.6) is 0 Å². The molecule has 2 heteroatoms. The minimum absolute atomic E-state index is 0.0159. The van der Waals surface area contributed by atoms with Crippen LogP contribution in [0.3, 0.4) is 0 Å². The quantitative estimate of drug-likeness (QED) is 0.869. The molecule has 0 aliphatic rings. The van der Waals surface area contributed by atoms with Crippen LogP contribution in [0.4, 0.5) is 0 Å². The van der Waals surface area contributed by atoms with E-state index in [1.54, 1.807) is 0 Å². The molecule has 0 amide bonds. The summed E-state index contributed by atoms with van der Waals surface area (Å²) in [6, 6.07) is 7.81. The molecule has 17 heavy (non-hydrogen) atoms. The highest BCUT2D eigenvalue weighted by molar-refractivity contribution is 5.84. The number of hydrogen-bond acceptors (Lipinski definition) is 2. The van der Waals surface area contributed by atoms with Gasteiger partial charge in [-0.1, -0.05) is 50.6 Å². The maximum absolute atomic E-state index is 11.9. The minimum Gasteiger partial charge on any atom is -0.321 e. The second kappa shape index (κ2) is 5.46. The van der Waals surface area contributed by atoms with E-state index in [9.17, 15) is 4.79 Å². The van der Waals surface area contributed by atoms with Gasteiger partial charge in [-0.25, -0.2) is 0 Å². The van der Waals surface area contributed by atoms with E-state index in [0.29, 0.717) is 12.8 Å². The van der Waals surface area contributed by atoms with Crippen LogP contribution in [0.1, 0.15) is 38.3 Å². The summed E-state index contributed by atoms with van der Waals surface area (Å²) >= 11 is 0. The normalized spacial score (nSPS) is 13.5. The summed E-state index contributed by atoms with van der Waals surface area (Å²) < 4.78 is 0. The van der Waals surface area contributed by atoms with Crippen molar-refractivity contribution in [1.29, 1.82) is 0 Å². The monoisotopic (exact) mass is 233 g/mol. The lowest BCUT2D eigenvalue weighted by atomic mass is 9.86. The topological polar surface area (TPSA) is 43.1 Å². The average molecular weight is 233 g/mol. The van der Waals surface area contributed by atoms with Crippen molar-refractivity contribution in [2.45, 2.75) is 46.6 Å². The van der Waals surface area contributed by atoms with Gasteiger partial charge in [-0.3, -0.25) is 4.79 Å². The van der Waals surface area contributed by atoms with E-state index in [0.717, 1.165) is 5.56 Å². The van der Waals surface area contributed by atoms with Gasteiger partial charge in [0.15, 0.2) is 0 Å². The van der Waals surface area contributed by atoms with Crippen molar-refractivity contribution in [2.24, 2.45) is 11.1 Å². The third-order valence-electron chi connectivity index (χ3n) is 2.69. The second-order valence-corrected chi connectivity index (χ2v) is 6.00. The van der Waals surface area contributed by atoms with E-state index in [1.807, 2.05) is 12.1 Å². The Morgan fingerprint density at radius 1 is 1.24 bits per heavy atom. The van der Waals surface area contributed by atoms with Crippen molar-refractivity contribution in [1.82, 2.24) is 0 Å². The van der Waals surface area contributed by atoms with Crippen LogP contribution in [0.2, 0.25) is 0 Å². The van der Waals surface area contributed by atoms with Gasteiger partial charge in [0.05, 0.1) is 6.04 Å². The fraction of sp³-hybridized carbons (Fsp3) is 0.533. The molecule has 0 bridgehead atoms. The fourth-order valence-electron chi connectivity index (χ4n) is 1.75. The third-order valence-corrected chi connectivity index (χ3v) is 2.69. The van der Waals surface area contributed by atoms with Crippen molar-refractivity contribution in [2.75, 3.05) is 0 Å². The van der Waals surface area contributed by atoms with Gasteiger partial charge in [-0.05, 0) is 24.3 Å². The molecule has 94 valence electrons. The Balaban J connectivity index is 2.57. The molecule has 2 nitrogen and oxygen atoms in total. The van der Waals surface area contributed by atoms with E-state index in [1.165, 1.54) is 5.56 Å². The van der Waals surface area contributed by atoms with Crippen LogP contribution in [0, 0.1) is 12.3 Å². The van der Waals surface area contributed by atoms with Crippen LogP contribution in [0.15, 0.2) is 24.3 Å². The summed E-state index contributed by atoms with van der Waals surface area (Å²) in [5.41, 5.74) is 8.32. The highest BCUT2D eigenvalue weighted by Gasteiger charge is 2.21. The summed E-state index contributed by atoms with van der Waals surface area (Å²) in [4.78, 5) is 11.9. The first-order valence-electron chi connectivity index (χ1n) is 6.12. The molecule has 0 aliphatic heterocycles. The van der Waals surface area contributed by atoms with E-state index in [-0.39, 0.29) is 17.2 Å². The summed E-state index contributed by atoms with van der Waals surface area (Å²) in [5, 5.41) is 0. The molecular formula is C15H23NO. The zero-order valence-corrected chi connectivity index (χ0v) is 11.3. The lowest BCUT2D eigenvalue weighted by Crippen LogP contribution is -2.35. The molecule has 1 unspecified atom stereocenters. The predicted molar refractivity (Wildman–Crippen MR) is 71.9 cm³/mol. The number of aryl methyl sites for hydroxylation is 1. The maximum Gasteiger partial charge on any atom is 0.150 e. The number of ketones is 1. The minimum atomic E-state index is -0.378. The van der Waals surface area contributed by atoms with Crippen LogP contribution >= 0.6 is 0 Å². The Kier molecular flexibility index (Phi) is 4.47. The Hall–Kier alpha value is -1.15. The van der Waals surface area contributed by atoms with Gasteiger partial charge in [0, 0.05) is 6.42 Å². The summed E-state index contributed by atoms with van der Waals surface area (Å²) in [5.74, 6) is 0.151. The highest BCUT2D eigenvalue weighted by Crippen LogP contribution is 2.20. The maximum atomic E-state index is 11.9. The van der Waals surface area contributed by atoms with Gasteiger partial charge in [0.2, 0.25) is 0 Å². The Bertz CT molecular complexity index is 373. The molecule has 0 aromatic heterocycles. The fourth-order valence-corrected chi connectivity index (χ4v) is 1.75. The molecule has 1 rings (SSSR count). The molecule has 0 fully saturated rings. The Labute approximate surface area is 104 Å². The van der Waals surface area contributed by atoms with Gasteiger partial charge in [0.25, 0.3) is 0 Å². The Morgan fingerprint density at radius 2 is 1.76 bits per heavy atom. The summed E-state index contributed by atoms with van der Waals surface area (Å²) in [7, 11) is 0. The second-order valence-electron chi connectivity index (χ2n) is 6.00. The molecule has 0 aliphatic carbocycles. The largest absolute Gasteiger partial charge is 0.321 e. The van der Waals surface area contributed by atoms with Crippen LogP contribution in [-0.4, -0.2) is 11.8 Å². The molecule has 0 saturated heterocycles. The standard InChI is InChI=1S/C15H23NO/c1-11-5-7-12(8-6-11)9-13(16)14(17)10-15(2,3)4/h5-8,13H,9-10,16H2,1-4H3. The zero-order valence-electron chi connectivity index (χ0n) is 11.3. The van der Waals surface area contributed by atoms with E-state index in [4.69, 9.17) is 5.73 Å². The molecule has 1 aromatic carbocycles. The lowest BCUT2D eigenvalue weighted by Gasteiger charge is -2.19. The smallest absolute Gasteiger partial charge is 0.150 e. The molecular weight excluding hydrogens is 210 g/mol. The lowest BCUT2D eigenvalue weighted by molar-refractivity contribution is -0.121. The average Bonchev–Trinajstić information content (AvgIpc) is 2.19. The van der Waals surface area contributed by atoms with Crippen molar-refractivity contribution >= 4 is 5.78 Å². The van der Waals surface area contributed by atoms with E-state index >= 15 is 0 Å². The van der Waals surface area contributed by atoms with Gasteiger partial charge >= 0.3 is 0 Å². The highest BCUT2D eigenvalue weighted by atomic mass is 16.1. The first-order valence-corrected chi connectivity index (χ1v) is 6.12.